The molecule has 0 radical (unpaired) electrons. The van der Waals surface area contributed by atoms with Crippen molar-refractivity contribution in [3.63, 3.8) is 0 Å². The maximum Gasteiger partial charge on any atom is 0.124 e. The molecule has 0 aliphatic rings. The fraction of sp³-hybridized carbons (Fsp3) is 0.273. The number of benzene rings is 3. The summed E-state index contributed by atoms with van der Waals surface area (Å²) in [5.41, 5.74) is 2.53. The van der Waals surface area contributed by atoms with Crippen molar-refractivity contribution in [1.82, 2.24) is 5.32 Å². The lowest BCUT2D eigenvalue weighted by Gasteiger charge is -2.18. The molecule has 3 aromatic rings. The molecule has 1 atom stereocenters. The molecule has 0 aliphatic heterocycles. The van der Waals surface area contributed by atoms with Crippen LogP contribution in [0.1, 0.15) is 31.4 Å². The molecule has 24 heavy (non-hydrogen) atoms. The lowest BCUT2D eigenvalue weighted by molar-refractivity contribution is 0.215. The Bertz CT molecular complexity index is 782. The quantitative estimate of drug-likeness (QED) is 0.637. The molecule has 0 saturated heterocycles. The van der Waals surface area contributed by atoms with E-state index < -0.39 is 0 Å². The van der Waals surface area contributed by atoms with E-state index >= 15 is 0 Å². The van der Waals surface area contributed by atoms with Crippen molar-refractivity contribution in [2.75, 3.05) is 0 Å². The zero-order chi connectivity index (χ0) is 16.8. The second-order valence-corrected chi connectivity index (χ2v) is 6.19. The van der Waals surface area contributed by atoms with Gasteiger partial charge in [0.1, 0.15) is 5.75 Å². The molecule has 0 heterocycles. The Kier molecular flexibility index (Phi) is 5.50. The van der Waals surface area contributed by atoms with Crippen molar-refractivity contribution in [3.05, 3.63) is 77.9 Å². The predicted molar refractivity (Wildman–Crippen MR) is 101 cm³/mol. The monoisotopic (exact) mass is 319 g/mol. The molecule has 0 amide bonds. The summed E-state index contributed by atoms with van der Waals surface area (Å²) in [5.74, 6) is 0.989. The van der Waals surface area contributed by atoms with E-state index in [0.29, 0.717) is 0 Å². The number of hydrogen-bond acceptors (Lipinski definition) is 2. The molecule has 0 spiro atoms. The summed E-state index contributed by atoms with van der Waals surface area (Å²) in [7, 11) is 0. The lowest BCUT2D eigenvalue weighted by atomic mass is 10.0. The van der Waals surface area contributed by atoms with Crippen LogP contribution in [0, 0.1) is 0 Å². The Morgan fingerprint density at radius 2 is 1.62 bits per heavy atom. The predicted octanol–water partition coefficient (Wildman–Crippen LogP) is 5.31. The van der Waals surface area contributed by atoms with Gasteiger partial charge in [0.05, 0.1) is 6.10 Å². The van der Waals surface area contributed by atoms with E-state index in [1.54, 1.807) is 0 Å². The van der Waals surface area contributed by atoms with Gasteiger partial charge in [-0.05, 0) is 35.7 Å². The fourth-order valence-electron chi connectivity index (χ4n) is 2.84. The molecule has 0 aliphatic carbocycles. The van der Waals surface area contributed by atoms with Gasteiger partial charge in [0.25, 0.3) is 0 Å². The highest BCUT2D eigenvalue weighted by molar-refractivity contribution is 5.87. The van der Waals surface area contributed by atoms with Crippen LogP contribution in [0.25, 0.3) is 10.8 Å². The van der Waals surface area contributed by atoms with Gasteiger partial charge in [0, 0.05) is 18.7 Å². The molecule has 0 bridgehead atoms. The molecule has 1 unspecified atom stereocenters. The van der Waals surface area contributed by atoms with Crippen molar-refractivity contribution in [3.8, 4) is 5.75 Å². The molecule has 0 aromatic heterocycles. The van der Waals surface area contributed by atoms with Crippen LogP contribution in [0.5, 0.6) is 5.75 Å². The normalized spacial score (nSPS) is 12.2. The first-order valence-corrected chi connectivity index (χ1v) is 8.70. The first kappa shape index (κ1) is 16.5. The Morgan fingerprint density at radius 1 is 0.875 bits per heavy atom. The van der Waals surface area contributed by atoms with E-state index in [4.69, 9.17) is 4.74 Å². The third-order valence-corrected chi connectivity index (χ3v) is 4.37. The zero-order valence-corrected chi connectivity index (χ0v) is 14.5. The van der Waals surface area contributed by atoms with Gasteiger partial charge in [0.15, 0.2) is 0 Å². The summed E-state index contributed by atoms with van der Waals surface area (Å²) in [6.07, 6.45) is 1.23. The van der Waals surface area contributed by atoms with Crippen LogP contribution < -0.4 is 10.1 Å². The molecule has 3 aromatic carbocycles. The summed E-state index contributed by atoms with van der Waals surface area (Å²) in [6, 6.07) is 23.3. The highest BCUT2D eigenvalue weighted by Crippen LogP contribution is 2.29. The maximum absolute atomic E-state index is 6.17. The standard InChI is InChI=1S/C22H25NO/c1-3-17(2)24-22-14-13-19-11-7-8-12-20(19)21(22)16-23-15-18-9-5-4-6-10-18/h4-14,17,23H,3,15-16H2,1-2H3. The van der Waals surface area contributed by atoms with Gasteiger partial charge < -0.3 is 10.1 Å². The van der Waals surface area contributed by atoms with Gasteiger partial charge in [-0.1, -0.05) is 67.6 Å². The second kappa shape index (κ2) is 7.98. The lowest BCUT2D eigenvalue weighted by Crippen LogP contribution is -2.16. The molecular weight excluding hydrogens is 294 g/mol. The summed E-state index contributed by atoms with van der Waals surface area (Å²) >= 11 is 0. The summed E-state index contributed by atoms with van der Waals surface area (Å²) < 4.78 is 6.17. The van der Waals surface area contributed by atoms with E-state index in [-0.39, 0.29) is 6.10 Å². The highest BCUT2D eigenvalue weighted by atomic mass is 16.5. The number of hydrogen-bond donors (Lipinski definition) is 1. The summed E-state index contributed by atoms with van der Waals surface area (Å²) in [5, 5.41) is 6.08. The SMILES string of the molecule is CCC(C)Oc1ccc2ccccc2c1CNCc1ccccc1. The van der Waals surface area contributed by atoms with Crippen LogP contribution in [0.2, 0.25) is 0 Å². The van der Waals surface area contributed by atoms with Gasteiger partial charge in [-0.2, -0.15) is 0 Å². The third-order valence-electron chi connectivity index (χ3n) is 4.37. The number of fused-ring (bicyclic) bond motifs is 1. The fourth-order valence-corrected chi connectivity index (χ4v) is 2.84. The van der Waals surface area contributed by atoms with E-state index in [1.807, 2.05) is 6.07 Å². The number of nitrogens with one attached hydrogen (secondary N) is 1. The van der Waals surface area contributed by atoms with Crippen molar-refractivity contribution in [2.24, 2.45) is 0 Å². The van der Waals surface area contributed by atoms with Gasteiger partial charge in [-0.25, -0.2) is 0 Å². The molecule has 124 valence electrons. The number of ether oxygens (including phenoxy) is 1. The van der Waals surface area contributed by atoms with Gasteiger partial charge >= 0.3 is 0 Å². The van der Waals surface area contributed by atoms with Crippen LogP contribution in [0.15, 0.2) is 66.7 Å². The largest absolute Gasteiger partial charge is 0.490 e. The molecule has 3 rings (SSSR count). The first-order chi connectivity index (χ1) is 11.8. The highest BCUT2D eigenvalue weighted by Gasteiger charge is 2.11. The van der Waals surface area contributed by atoms with E-state index in [0.717, 1.165) is 25.3 Å². The molecule has 2 nitrogen and oxygen atoms in total. The Balaban J connectivity index is 1.84. The minimum atomic E-state index is 0.221. The van der Waals surface area contributed by atoms with Crippen LogP contribution >= 0.6 is 0 Å². The van der Waals surface area contributed by atoms with E-state index in [1.165, 1.54) is 21.9 Å². The molecule has 0 fully saturated rings. The average Bonchev–Trinajstić information content (AvgIpc) is 2.64. The molecular formula is C22H25NO. The second-order valence-electron chi connectivity index (χ2n) is 6.19. The summed E-state index contributed by atoms with van der Waals surface area (Å²) in [6.45, 7) is 5.92. The Labute approximate surface area is 144 Å². The van der Waals surface area contributed by atoms with Crippen molar-refractivity contribution in [1.29, 1.82) is 0 Å². The minimum absolute atomic E-state index is 0.221. The van der Waals surface area contributed by atoms with E-state index in [2.05, 4.69) is 79.8 Å². The van der Waals surface area contributed by atoms with Crippen LogP contribution in [0.3, 0.4) is 0 Å². The van der Waals surface area contributed by atoms with Gasteiger partial charge in [-0.3, -0.25) is 0 Å². The smallest absolute Gasteiger partial charge is 0.124 e. The Hall–Kier alpha value is -2.32. The molecule has 2 heteroatoms. The van der Waals surface area contributed by atoms with Crippen molar-refractivity contribution in [2.45, 2.75) is 39.5 Å². The van der Waals surface area contributed by atoms with E-state index in [9.17, 15) is 0 Å². The van der Waals surface area contributed by atoms with Crippen molar-refractivity contribution >= 4 is 10.8 Å². The summed E-state index contributed by atoms with van der Waals surface area (Å²) in [4.78, 5) is 0. The zero-order valence-electron chi connectivity index (χ0n) is 14.5. The first-order valence-electron chi connectivity index (χ1n) is 8.70. The average molecular weight is 319 g/mol. The minimum Gasteiger partial charge on any atom is -0.490 e. The number of rotatable bonds is 7. The third kappa shape index (κ3) is 3.95. The molecule has 0 saturated carbocycles. The Morgan fingerprint density at radius 3 is 2.42 bits per heavy atom. The van der Waals surface area contributed by atoms with Gasteiger partial charge in [0.2, 0.25) is 0 Å². The molecule has 1 N–H and O–H groups in total. The van der Waals surface area contributed by atoms with Gasteiger partial charge in [-0.15, -0.1) is 0 Å². The maximum atomic E-state index is 6.17. The van der Waals surface area contributed by atoms with Crippen LogP contribution in [-0.4, -0.2) is 6.10 Å². The van der Waals surface area contributed by atoms with Crippen LogP contribution in [0.4, 0.5) is 0 Å². The topological polar surface area (TPSA) is 21.3 Å². The van der Waals surface area contributed by atoms with Crippen molar-refractivity contribution < 1.29 is 4.74 Å². The van der Waals surface area contributed by atoms with Crippen LogP contribution in [-0.2, 0) is 13.1 Å².